The molecule has 0 atom stereocenters. The predicted octanol–water partition coefficient (Wildman–Crippen LogP) is 0.106. The monoisotopic (exact) mass is 196 g/mol. The van der Waals surface area contributed by atoms with Gasteiger partial charge in [-0.3, -0.25) is 4.79 Å². The average molecular weight is 196 g/mol. The van der Waals surface area contributed by atoms with Gasteiger partial charge in [0, 0.05) is 5.38 Å². The lowest BCUT2D eigenvalue weighted by molar-refractivity contribution is -0.114. The van der Waals surface area contributed by atoms with E-state index in [0.717, 1.165) is 0 Å². The van der Waals surface area contributed by atoms with Crippen molar-refractivity contribution >= 4 is 22.4 Å². The number of carbonyl (C=O) groups is 1. The van der Waals surface area contributed by atoms with E-state index < -0.39 is 0 Å². The van der Waals surface area contributed by atoms with Gasteiger partial charge in [0.05, 0.1) is 24.7 Å². The van der Waals surface area contributed by atoms with Crippen molar-refractivity contribution in [3.05, 3.63) is 11.1 Å². The number of carbonyl (C=O) groups excluding carboxylic acids is 1. The fourth-order valence-electron chi connectivity index (χ4n) is 0.697. The molecule has 0 radical (unpaired) electrons. The molecule has 0 saturated heterocycles. The summed E-state index contributed by atoms with van der Waals surface area (Å²) in [4.78, 5) is 14.8. The molecule has 0 saturated carbocycles. The third-order valence-corrected chi connectivity index (χ3v) is 2.05. The topological polar surface area (TPSA) is 91.8 Å². The Hall–Kier alpha value is -1.45. The maximum atomic E-state index is 10.8. The zero-order valence-corrected chi connectivity index (χ0v) is 7.60. The van der Waals surface area contributed by atoms with Crippen LogP contribution in [0.4, 0.5) is 5.13 Å². The Labute approximate surface area is 79.2 Å². The molecule has 1 heterocycles. The second-order valence-electron chi connectivity index (χ2n) is 2.23. The summed E-state index contributed by atoms with van der Waals surface area (Å²) in [6.07, 6.45) is 0.259. The van der Waals surface area contributed by atoms with E-state index in [1.807, 2.05) is 6.07 Å². The first-order valence-corrected chi connectivity index (χ1v) is 4.45. The van der Waals surface area contributed by atoms with Crippen LogP contribution in [0.15, 0.2) is 5.38 Å². The highest BCUT2D eigenvalue weighted by molar-refractivity contribution is 7.13. The van der Waals surface area contributed by atoms with Crippen LogP contribution in [-0.2, 0) is 11.2 Å². The van der Waals surface area contributed by atoms with Gasteiger partial charge in [-0.2, -0.15) is 5.26 Å². The molecule has 0 unspecified atom stereocenters. The number of amides is 1. The number of aromatic nitrogens is 1. The van der Waals surface area contributed by atoms with Crippen LogP contribution in [0.25, 0.3) is 0 Å². The maximum absolute atomic E-state index is 10.8. The minimum Gasteiger partial charge on any atom is -0.322 e. The second kappa shape index (κ2) is 4.54. The van der Waals surface area contributed by atoms with Crippen LogP contribution < -0.4 is 11.1 Å². The lowest BCUT2D eigenvalue weighted by Gasteiger charge is -1.95. The van der Waals surface area contributed by atoms with Crippen molar-refractivity contribution in [2.24, 2.45) is 5.73 Å². The smallest absolute Gasteiger partial charge is 0.239 e. The van der Waals surface area contributed by atoms with Gasteiger partial charge >= 0.3 is 0 Å². The standard InChI is InChI=1S/C7H8N4OS/c8-2-1-5-4-13-7(10-5)11-6(12)3-9/h4H,1,3,9H2,(H,10,11,12). The van der Waals surface area contributed by atoms with E-state index in [9.17, 15) is 4.79 Å². The summed E-state index contributed by atoms with van der Waals surface area (Å²) >= 11 is 1.28. The van der Waals surface area contributed by atoms with Crippen molar-refractivity contribution in [2.45, 2.75) is 6.42 Å². The number of thiazole rings is 1. The molecule has 0 aromatic carbocycles. The third kappa shape index (κ3) is 2.82. The summed E-state index contributed by atoms with van der Waals surface area (Å²) in [5.41, 5.74) is 5.76. The van der Waals surface area contributed by atoms with Gasteiger partial charge in [-0.15, -0.1) is 11.3 Å². The normalized spacial score (nSPS) is 9.23. The summed E-state index contributed by atoms with van der Waals surface area (Å²) in [7, 11) is 0. The molecule has 3 N–H and O–H groups in total. The Bertz CT molecular complexity index is 341. The summed E-state index contributed by atoms with van der Waals surface area (Å²) in [6.45, 7) is -0.0623. The zero-order valence-electron chi connectivity index (χ0n) is 6.78. The molecule has 13 heavy (non-hydrogen) atoms. The van der Waals surface area contributed by atoms with E-state index >= 15 is 0 Å². The Morgan fingerprint density at radius 1 is 1.85 bits per heavy atom. The van der Waals surface area contributed by atoms with Crippen molar-refractivity contribution < 1.29 is 4.79 Å². The highest BCUT2D eigenvalue weighted by Crippen LogP contribution is 2.14. The Morgan fingerprint density at radius 2 is 2.62 bits per heavy atom. The van der Waals surface area contributed by atoms with Crippen LogP contribution in [0.5, 0.6) is 0 Å². The first-order chi connectivity index (χ1) is 6.26. The highest BCUT2D eigenvalue weighted by atomic mass is 32.1. The molecular weight excluding hydrogens is 188 g/mol. The Kier molecular flexibility index (Phi) is 3.37. The van der Waals surface area contributed by atoms with Gasteiger partial charge in [-0.1, -0.05) is 0 Å². The van der Waals surface area contributed by atoms with E-state index in [1.165, 1.54) is 11.3 Å². The molecule has 0 aliphatic rings. The van der Waals surface area contributed by atoms with Crippen LogP contribution in [-0.4, -0.2) is 17.4 Å². The first-order valence-electron chi connectivity index (χ1n) is 3.57. The molecule has 0 bridgehead atoms. The Morgan fingerprint density at radius 3 is 3.23 bits per heavy atom. The lowest BCUT2D eigenvalue weighted by atomic mass is 10.4. The molecule has 0 aliphatic carbocycles. The van der Waals surface area contributed by atoms with Crippen LogP contribution in [0.1, 0.15) is 5.69 Å². The number of nitriles is 1. The third-order valence-electron chi connectivity index (χ3n) is 1.24. The van der Waals surface area contributed by atoms with E-state index in [0.29, 0.717) is 10.8 Å². The SMILES string of the molecule is N#CCc1csc(NC(=O)CN)n1. The molecule has 1 aromatic rings. The van der Waals surface area contributed by atoms with Gasteiger partial charge in [-0.25, -0.2) is 4.98 Å². The van der Waals surface area contributed by atoms with E-state index in [1.54, 1.807) is 5.38 Å². The number of nitrogens with zero attached hydrogens (tertiary/aromatic N) is 2. The highest BCUT2D eigenvalue weighted by Gasteiger charge is 2.03. The number of hydrogen-bond donors (Lipinski definition) is 2. The predicted molar refractivity (Wildman–Crippen MR) is 49.1 cm³/mol. The lowest BCUT2D eigenvalue weighted by Crippen LogP contribution is -2.21. The summed E-state index contributed by atoms with van der Waals surface area (Å²) in [6, 6.07) is 1.97. The minimum atomic E-state index is -0.280. The van der Waals surface area contributed by atoms with E-state index in [-0.39, 0.29) is 18.9 Å². The zero-order chi connectivity index (χ0) is 9.68. The molecule has 68 valence electrons. The summed E-state index contributed by atoms with van der Waals surface area (Å²) < 4.78 is 0. The number of nitrogens with two attached hydrogens (primary N) is 1. The number of anilines is 1. The number of hydrogen-bond acceptors (Lipinski definition) is 5. The molecule has 5 nitrogen and oxygen atoms in total. The van der Waals surface area contributed by atoms with Gasteiger partial charge in [0.25, 0.3) is 0 Å². The molecule has 6 heteroatoms. The van der Waals surface area contributed by atoms with Crippen molar-refractivity contribution in [1.82, 2.24) is 4.98 Å². The van der Waals surface area contributed by atoms with Crippen molar-refractivity contribution in [3.63, 3.8) is 0 Å². The molecule has 1 rings (SSSR count). The molecule has 1 amide bonds. The summed E-state index contributed by atoms with van der Waals surface area (Å²) in [5.74, 6) is -0.280. The van der Waals surface area contributed by atoms with Gasteiger partial charge in [0.2, 0.25) is 5.91 Å². The van der Waals surface area contributed by atoms with Gasteiger partial charge in [0.15, 0.2) is 5.13 Å². The molecule has 0 fully saturated rings. The van der Waals surface area contributed by atoms with Crippen LogP contribution in [0, 0.1) is 11.3 Å². The Balaban J connectivity index is 2.59. The van der Waals surface area contributed by atoms with Crippen LogP contribution >= 0.6 is 11.3 Å². The number of rotatable bonds is 3. The van der Waals surface area contributed by atoms with Gasteiger partial charge in [-0.05, 0) is 0 Å². The molecule has 1 aromatic heterocycles. The fourth-order valence-corrected chi connectivity index (χ4v) is 1.42. The molecule has 0 spiro atoms. The fraction of sp³-hybridized carbons (Fsp3) is 0.286. The number of nitrogens with one attached hydrogen (secondary N) is 1. The van der Waals surface area contributed by atoms with Crippen molar-refractivity contribution in [2.75, 3.05) is 11.9 Å². The molecule has 0 aliphatic heterocycles. The average Bonchev–Trinajstić information content (AvgIpc) is 2.53. The van der Waals surface area contributed by atoms with Crippen molar-refractivity contribution in [3.8, 4) is 6.07 Å². The van der Waals surface area contributed by atoms with Crippen LogP contribution in [0.3, 0.4) is 0 Å². The molecular formula is C7H8N4OS. The van der Waals surface area contributed by atoms with Gasteiger partial charge in [0.1, 0.15) is 0 Å². The maximum Gasteiger partial charge on any atom is 0.239 e. The first kappa shape index (κ1) is 9.64. The van der Waals surface area contributed by atoms with E-state index in [4.69, 9.17) is 11.0 Å². The minimum absolute atomic E-state index is 0.0623. The van der Waals surface area contributed by atoms with Crippen LogP contribution in [0.2, 0.25) is 0 Å². The van der Waals surface area contributed by atoms with Crippen molar-refractivity contribution in [1.29, 1.82) is 5.26 Å². The second-order valence-corrected chi connectivity index (χ2v) is 3.09. The quantitative estimate of drug-likeness (QED) is 0.717. The van der Waals surface area contributed by atoms with E-state index in [2.05, 4.69) is 10.3 Å². The largest absolute Gasteiger partial charge is 0.322 e. The summed E-state index contributed by atoms with van der Waals surface area (Å²) in [5, 5.41) is 13.1. The van der Waals surface area contributed by atoms with Gasteiger partial charge < -0.3 is 11.1 Å².